The Bertz CT molecular complexity index is 3790. The lowest BCUT2D eigenvalue weighted by molar-refractivity contribution is 0.670. The Morgan fingerprint density at radius 3 is 1.48 bits per heavy atom. The molecule has 0 aliphatic carbocycles. The number of nitrogens with zero attached hydrogens (tertiary/aromatic N) is 4. The Balaban J connectivity index is 1.16. The molecular weight excluding hydrogens is 757 g/mol. The van der Waals surface area contributed by atoms with Gasteiger partial charge in [-0.05, 0) is 58.1 Å². The van der Waals surface area contributed by atoms with Gasteiger partial charge in [-0.25, -0.2) is 15.0 Å². The van der Waals surface area contributed by atoms with E-state index in [0.717, 1.165) is 60.9 Å². The normalized spacial score (nSPS) is 12.9. The largest absolute Gasteiger partial charge is 0.455 e. The smallest absolute Gasteiger partial charge is 0.166 e. The van der Waals surface area contributed by atoms with Gasteiger partial charge in [-0.3, -0.25) is 0 Å². The van der Waals surface area contributed by atoms with Crippen LogP contribution in [0, 0.1) is 0 Å². The summed E-state index contributed by atoms with van der Waals surface area (Å²) in [5, 5.41) is 2.25. The molecule has 0 aliphatic heterocycles. The van der Waals surface area contributed by atoms with Crippen molar-refractivity contribution in [2.45, 2.75) is 0 Å². The van der Waals surface area contributed by atoms with Crippen molar-refractivity contribution in [1.82, 2.24) is 19.5 Å². The van der Waals surface area contributed by atoms with Crippen molar-refractivity contribution in [1.29, 1.82) is 0 Å². The fourth-order valence-electron chi connectivity index (χ4n) is 8.45. The second kappa shape index (κ2) is 14.7. The van der Waals surface area contributed by atoms with E-state index < -0.39 is 0 Å². The zero-order valence-corrected chi connectivity index (χ0v) is 33.0. The molecule has 5 nitrogen and oxygen atoms in total. The molecule has 0 unspecified atom stereocenters. The number of hydrogen-bond acceptors (Lipinski definition) is 4. The first-order valence-electron chi connectivity index (χ1n) is 23.3. The number of rotatable bonds is 7. The van der Waals surface area contributed by atoms with Gasteiger partial charge in [0.25, 0.3) is 0 Å². The first-order chi connectivity index (χ1) is 33.2. The van der Waals surface area contributed by atoms with Gasteiger partial charge in [-0.2, -0.15) is 0 Å². The number of para-hydroxylation sites is 4. The number of fused-ring (bicyclic) bond motifs is 6. The van der Waals surface area contributed by atoms with E-state index >= 15 is 0 Å². The van der Waals surface area contributed by atoms with Crippen molar-refractivity contribution in [3.05, 3.63) is 218 Å². The molecule has 62 heavy (non-hydrogen) atoms. The van der Waals surface area contributed by atoms with E-state index in [0.29, 0.717) is 28.5 Å². The molecule has 0 fully saturated rings. The summed E-state index contributed by atoms with van der Waals surface area (Å²) in [7, 11) is 0. The third-order valence-corrected chi connectivity index (χ3v) is 11.5. The van der Waals surface area contributed by atoms with Crippen molar-refractivity contribution in [2.75, 3.05) is 0 Å². The molecule has 0 radical (unpaired) electrons. The third kappa shape index (κ3) is 6.06. The molecule has 3 aromatic heterocycles. The zero-order chi connectivity index (χ0) is 46.2. The molecule has 0 aliphatic rings. The van der Waals surface area contributed by atoms with Crippen LogP contribution in [-0.2, 0) is 0 Å². The van der Waals surface area contributed by atoms with Crippen molar-refractivity contribution in [2.24, 2.45) is 0 Å². The molecule has 0 spiro atoms. The molecule has 0 amide bonds. The molecule has 290 valence electrons. The summed E-state index contributed by atoms with van der Waals surface area (Å²) in [6, 6.07) is 57.9. The lowest BCUT2D eigenvalue weighted by Crippen LogP contribution is -2.04. The molecule has 9 aromatic carbocycles. The van der Waals surface area contributed by atoms with E-state index in [9.17, 15) is 2.74 Å². The highest BCUT2D eigenvalue weighted by molar-refractivity contribution is 6.11. The van der Waals surface area contributed by atoms with Gasteiger partial charge in [-0.1, -0.05) is 188 Å². The maximum absolute atomic E-state index is 9.32. The van der Waals surface area contributed by atoms with E-state index in [1.807, 2.05) is 146 Å². The summed E-state index contributed by atoms with van der Waals surface area (Å²) < 4.78 is 62.4. The summed E-state index contributed by atoms with van der Waals surface area (Å²) in [6.45, 7) is 0. The van der Waals surface area contributed by atoms with E-state index in [4.69, 9.17) is 24.9 Å². The van der Waals surface area contributed by atoms with E-state index in [1.165, 1.54) is 12.1 Å². The Morgan fingerprint density at radius 2 is 0.871 bits per heavy atom. The second-order valence-corrected chi connectivity index (χ2v) is 15.1. The minimum atomic E-state index is -0.199. The number of hydrogen-bond donors (Lipinski definition) is 0. The van der Waals surface area contributed by atoms with Gasteiger partial charge in [0.15, 0.2) is 17.5 Å². The number of furan rings is 1. The summed E-state index contributed by atoms with van der Waals surface area (Å²) >= 11 is 0. The fraction of sp³-hybridized carbons (Fsp3) is 0. The average Bonchev–Trinajstić information content (AvgIpc) is 3.96. The van der Waals surface area contributed by atoms with Crippen molar-refractivity contribution < 1.29 is 12.6 Å². The molecule has 0 atom stereocenters. The van der Waals surface area contributed by atoms with Crippen LogP contribution in [0.4, 0.5) is 0 Å². The minimum absolute atomic E-state index is 0.0707. The average molecular weight is 799 g/mol. The molecule has 0 saturated heterocycles. The summed E-state index contributed by atoms with van der Waals surface area (Å²) in [6.07, 6.45) is 0. The van der Waals surface area contributed by atoms with Crippen LogP contribution in [0.5, 0.6) is 0 Å². The quantitative estimate of drug-likeness (QED) is 0.161. The Kier molecular flexibility index (Phi) is 7.05. The van der Waals surface area contributed by atoms with Crippen LogP contribution in [0.15, 0.2) is 223 Å². The molecule has 3 heterocycles. The zero-order valence-electron chi connectivity index (χ0n) is 39.0. The topological polar surface area (TPSA) is 56.7 Å². The van der Waals surface area contributed by atoms with E-state index in [-0.39, 0.29) is 63.9 Å². The molecule has 12 aromatic rings. The van der Waals surface area contributed by atoms with Gasteiger partial charge in [0, 0.05) is 43.8 Å². The lowest BCUT2D eigenvalue weighted by atomic mass is 9.98. The maximum atomic E-state index is 9.32. The van der Waals surface area contributed by atoms with Crippen LogP contribution in [0.25, 0.3) is 117 Å². The predicted molar refractivity (Wildman–Crippen MR) is 254 cm³/mol. The van der Waals surface area contributed by atoms with E-state index in [1.54, 1.807) is 4.57 Å². The molecule has 0 N–H and O–H groups in total. The SMILES string of the molecule is [2H]c1cc([2H])c2c(c1[2H])c1c([2H])c([2H])cc([2H])c1n2-c1ccc(-c2cccc3c2oc2ccccc23)cc1-c1nc(-c2ccc(-c3ccccc3)cc2)nc(-c2ccc(-c3ccccc3)cc2)n1. The Labute approximate surface area is 366 Å². The highest BCUT2D eigenvalue weighted by atomic mass is 16.3. The minimum Gasteiger partial charge on any atom is -0.455 e. The standard InChI is InChI=1S/C57H36N4O/c1-3-14-37(15-4-1)39-26-30-41(31-27-39)55-58-56(42-32-28-40(29-33-42)38-16-5-2-6-17-38)60-57(59-55)49-36-43(44-21-13-22-48-47-20-9-12-25-53(47)62-54(44)48)34-35-52(49)61-50-23-10-7-18-45(50)46-19-8-11-24-51(46)61/h1-36H/i7D,8D,18D,19D,23D,24D. The Hall–Kier alpha value is -8.41. The fourth-order valence-corrected chi connectivity index (χ4v) is 8.45. The van der Waals surface area contributed by atoms with Gasteiger partial charge >= 0.3 is 0 Å². The van der Waals surface area contributed by atoms with Crippen molar-refractivity contribution in [3.8, 4) is 73.2 Å². The van der Waals surface area contributed by atoms with Gasteiger partial charge in [-0.15, -0.1) is 0 Å². The summed E-state index contributed by atoms with van der Waals surface area (Å²) in [4.78, 5) is 15.6. The van der Waals surface area contributed by atoms with E-state index in [2.05, 4.69) is 24.3 Å². The highest BCUT2D eigenvalue weighted by Crippen LogP contribution is 2.41. The predicted octanol–water partition coefficient (Wildman–Crippen LogP) is 14.9. The second-order valence-electron chi connectivity index (χ2n) is 15.1. The molecular formula is C57H36N4O. The number of aromatic nitrogens is 4. The van der Waals surface area contributed by atoms with Gasteiger partial charge < -0.3 is 8.98 Å². The summed E-state index contributed by atoms with van der Waals surface area (Å²) in [5.74, 6) is 1.12. The van der Waals surface area contributed by atoms with Crippen LogP contribution < -0.4 is 0 Å². The first kappa shape index (κ1) is 29.7. The first-order valence-corrected chi connectivity index (χ1v) is 20.3. The maximum Gasteiger partial charge on any atom is 0.166 e. The van der Waals surface area contributed by atoms with Crippen LogP contribution in [0.1, 0.15) is 8.22 Å². The molecule has 12 rings (SSSR count). The van der Waals surface area contributed by atoms with Gasteiger partial charge in [0.05, 0.1) is 24.9 Å². The third-order valence-electron chi connectivity index (χ3n) is 11.5. The molecule has 5 heteroatoms. The van der Waals surface area contributed by atoms with Crippen LogP contribution in [0.2, 0.25) is 0 Å². The van der Waals surface area contributed by atoms with Crippen molar-refractivity contribution >= 4 is 43.7 Å². The van der Waals surface area contributed by atoms with Crippen LogP contribution in [0.3, 0.4) is 0 Å². The Morgan fingerprint density at radius 1 is 0.371 bits per heavy atom. The lowest BCUT2D eigenvalue weighted by Gasteiger charge is -2.16. The van der Waals surface area contributed by atoms with Crippen LogP contribution in [-0.4, -0.2) is 19.5 Å². The van der Waals surface area contributed by atoms with Crippen molar-refractivity contribution in [3.63, 3.8) is 0 Å². The summed E-state index contributed by atoms with van der Waals surface area (Å²) in [5.41, 5.74) is 10.2. The molecule has 0 bridgehead atoms. The number of benzene rings is 9. The van der Waals surface area contributed by atoms with Gasteiger partial charge in [0.1, 0.15) is 11.2 Å². The van der Waals surface area contributed by atoms with Crippen LogP contribution >= 0.6 is 0 Å². The highest BCUT2D eigenvalue weighted by Gasteiger charge is 2.22. The van der Waals surface area contributed by atoms with Gasteiger partial charge in [0.2, 0.25) is 0 Å². The molecule has 0 saturated carbocycles. The monoisotopic (exact) mass is 798 g/mol.